The zero-order chi connectivity index (χ0) is 15.1. The lowest BCUT2D eigenvalue weighted by molar-refractivity contribution is 0.343. The largest absolute Gasteiger partial charge is 0.244 e. The van der Waals surface area contributed by atoms with Gasteiger partial charge in [-0.1, -0.05) is 43.7 Å². The van der Waals surface area contributed by atoms with Crippen LogP contribution in [-0.4, -0.2) is 25.3 Å². The highest BCUT2D eigenvalue weighted by Crippen LogP contribution is 2.30. The number of hydrogen-bond donors (Lipinski definition) is 0. The summed E-state index contributed by atoms with van der Waals surface area (Å²) < 4.78 is 27.6. The zero-order valence-corrected chi connectivity index (χ0v) is 13.7. The molecule has 0 aromatic heterocycles. The van der Waals surface area contributed by atoms with Gasteiger partial charge in [0, 0.05) is 12.6 Å². The molecular weight excluding hydrogens is 270 g/mol. The molecule has 2 rings (SSSR count). The van der Waals surface area contributed by atoms with Gasteiger partial charge in [0.25, 0.3) is 0 Å². The normalized spacial score (nSPS) is 20.0. The molecule has 0 fully saturated rings. The van der Waals surface area contributed by atoms with Gasteiger partial charge in [0.2, 0.25) is 10.0 Å². The number of nitrogens with zero attached hydrogens (tertiary/aromatic N) is 1. The van der Waals surface area contributed by atoms with Gasteiger partial charge in [-0.15, -0.1) is 0 Å². The highest BCUT2D eigenvalue weighted by atomic mass is 32.2. The maximum atomic E-state index is 13.0. The van der Waals surface area contributed by atoms with Crippen LogP contribution in [0.4, 0.5) is 0 Å². The van der Waals surface area contributed by atoms with Crippen LogP contribution in [0.15, 0.2) is 29.2 Å². The molecule has 1 heterocycles. The fourth-order valence-electron chi connectivity index (χ4n) is 3.03. The maximum absolute atomic E-state index is 13.0. The third kappa shape index (κ3) is 2.54. The van der Waals surface area contributed by atoms with E-state index in [1.807, 2.05) is 45.1 Å². The van der Waals surface area contributed by atoms with Gasteiger partial charge in [0.1, 0.15) is 0 Å². The molecule has 0 N–H and O–H groups in total. The third-order valence-electron chi connectivity index (χ3n) is 3.81. The highest BCUT2D eigenvalue weighted by Gasteiger charge is 2.35. The second-order valence-electron chi connectivity index (χ2n) is 5.97. The molecule has 0 unspecified atom stereocenters. The van der Waals surface area contributed by atoms with Crippen LogP contribution in [0.2, 0.25) is 0 Å². The van der Waals surface area contributed by atoms with Gasteiger partial charge in [0.15, 0.2) is 0 Å². The quantitative estimate of drug-likeness (QED) is 0.803. The van der Waals surface area contributed by atoms with Crippen LogP contribution in [0, 0.1) is 26.7 Å². The van der Waals surface area contributed by atoms with E-state index in [1.54, 1.807) is 4.31 Å². The Balaban J connectivity index is 2.52. The Morgan fingerprint density at radius 2 is 1.70 bits per heavy atom. The second kappa shape index (κ2) is 5.34. The van der Waals surface area contributed by atoms with Crippen molar-refractivity contribution in [1.82, 2.24) is 4.31 Å². The monoisotopic (exact) mass is 293 g/mol. The van der Waals surface area contributed by atoms with E-state index in [0.717, 1.165) is 16.7 Å². The van der Waals surface area contributed by atoms with Crippen LogP contribution >= 0.6 is 0 Å². The van der Waals surface area contributed by atoms with E-state index in [0.29, 0.717) is 11.4 Å². The molecular formula is C16H23NO2S. The number of benzene rings is 1. The van der Waals surface area contributed by atoms with Crippen LogP contribution in [-0.2, 0) is 10.0 Å². The summed E-state index contributed by atoms with van der Waals surface area (Å²) >= 11 is 0. The minimum absolute atomic E-state index is 0.0416. The van der Waals surface area contributed by atoms with Gasteiger partial charge in [-0.05, 0) is 37.8 Å². The standard InChI is InChI=1S/C16H23NO2S/c1-11(2)15-7-6-8-17(15)20(18,19)16-13(4)9-12(3)10-14(16)5/h6-7,9-11,15H,8H2,1-5H3/t15-/m1/s1. The number of sulfonamides is 1. The summed E-state index contributed by atoms with van der Waals surface area (Å²) in [5.41, 5.74) is 2.76. The Labute approximate surface area is 122 Å². The average Bonchev–Trinajstić information content (AvgIpc) is 2.75. The summed E-state index contributed by atoms with van der Waals surface area (Å²) in [6.07, 6.45) is 3.95. The third-order valence-corrected chi connectivity index (χ3v) is 5.98. The second-order valence-corrected chi connectivity index (χ2v) is 7.79. The van der Waals surface area contributed by atoms with Crippen molar-refractivity contribution in [2.75, 3.05) is 6.54 Å². The van der Waals surface area contributed by atoms with E-state index >= 15 is 0 Å². The average molecular weight is 293 g/mol. The van der Waals surface area contributed by atoms with Crippen molar-refractivity contribution in [3.05, 3.63) is 41.0 Å². The molecule has 0 amide bonds. The Morgan fingerprint density at radius 3 is 2.20 bits per heavy atom. The van der Waals surface area contributed by atoms with Crippen LogP contribution in [0.5, 0.6) is 0 Å². The summed E-state index contributed by atoms with van der Waals surface area (Å²) in [5, 5.41) is 0. The SMILES string of the molecule is Cc1cc(C)c(S(=O)(=O)N2CC=C[C@@H]2C(C)C)c(C)c1. The van der Waals surface area contributed by atoms with Crippen molar-refractivity contribution in [3.63, 3.8) is 0 Å². The zero-order valence-electron chi connectivity index (χ0n) is 12.8. The molecule has 110 valence electrons. The molecule has 3 nitrogen and oxygen atoms in total. The Bertz CT molecular complexity index is 621. The van der Waals surface area contributed by atoms with Crippen LogP contribution in [0.3, 0.4) is 0 Å². The lowest BCUT2D eigenvalue weighted by atomic mass is 10.1. The van der Waals surface area contributed by atoms with E-state index < -0.39 is 10.0 Å². The summed E-state index contributed by atoms with van der Waals surface area (Å²) in [6.45, 7) is 10.3. The van der Waals surface area contributed by atoms with Gasteiger partial charge < -0.3 is 0 Å². The van der Waals surface area contributed by atoms with E-state index in [2.05, 4.69) is 13.8 Å². The van der Waals surface area contributed by atoms with E-state index in [4.69, 9.17) is 0 Å². The number of aryl methyl sites for hydroxylation is 3. The predicted molar refractivity (Wildman–Crippen MR) is 82.3 cm³/mol. The first-order valence-corrected chi connectivity index (χ1v) is 8.45. The molecule has 0 spiro atoms. The molecule has 1 atom stereocenters. The molecule has 1 aliphatic heterocycles. The first-order chi connectivity index (χ1) is 9.25. The Hall–Kier alpha value is -1.13. The van der Waals surface area contributed by atoms with Gasteiger partial charge in [0.05, 0.1) is 4.90 Å². The molecule has 1 aliphatic rings. The van der Waals surface area contributed by atoms with Crippen molar-refractivity contribution < 1.29 is 8.42 Å². The fourth-order valence-corrected chi connectivity index (χ4v) is 5.11. The summed E-state index contributed by atoms with van der Waals surface area (Å²) in [7, 11) is -3.44. The highest BCUT2D eigenvalue weighted by molar-refractivity contribution is 7.89. The molecule has 20 heavy (non-hydrogen) atoms. The summed E-state index contributed by atoms with van der Waals surface area (Å²) in [4.78, 5) is 0.470. The van der Waals surface area contributed by atoms with Crippen molar-refractivity contribution in [3.8, 4) is 0 Å². The first-order valence-electron chi connectivity index (χ1n) is 7.01. The van der Waals surface area contributed by atoms with E-state index in [9.17, 15) is 8.42 Å². The van der Waals surface area contributed by atoms with E-state index in [-0.39, 0.29) is 12.0 Å². The molecule has 0 aliphatic carbocycles. The smallest absolute Gasteiger partial charge is 0.207 e. The minimum Gasteiger partial charge on any atom is -0.207 e. The molecule has 0 saturated carbocycles. The molecule has 1 aromatic rings. The van der Waals surface area contributed by atoms with Gasteiger partial charge in [-0.3, -0.25) is 0 Å². The fraction of sp³-hybridized carbons (Fsp3) is 0.500. The van der Waals surface area contributed by atoms with Crippen LogP contribution in [0.25, 0.3) is 0 Å². The number of hydrogen-bond acceptors (Lipinski definition) is 2. The van der Waals surface area contributed by atoms with Gasteiger partial charge in [-0.25, -0.2) is 8.42 Å². The summed E-state index contributed by atoms with van der Waals surface area (Å²) in [5.74, 6) is 0.273. The molecule has 0 radical (unpaired) electrons. The minimum atomic E-state index is -3.44. The van der Waals surface area contributed by atoms with Gasteiger partial charge in [-0.2, -0.15) is 4.31 Å². The van der Waals surface area contributed by atoms with E-state index in [1.165, 1.54) is 0 Å². The van der Waals surface area contributed by atoms with Crippen LogP contribution < -0.4 is 0 Å². The Kier molecular flexibility index (Phi) is 4.07. The molecule has 4 heteroatoms. The lowest BCUT2D eigenvalue weighted by Gasteiger charge is -2.28. The Morgan fingerprint density at radius 1 is 1.15 bits per heavy atom. The van der Waals surface area contributed by atoms with Crippen molar-refractivity contribution in [2.24, 2.45) is 5.92 Å². The molecule has 0 saturated heterocycles. The molecule has 0 bridgehead atoms. The van der Waals surface area contributed by atoms with Crippen molar-refractivity contribution >= 4 is 10.0 Å². The van der Waals surface area contributed by atoms with Crippen LogP contribution in [0.1, 0.15) is 30.5 Å². The maximum Gasteiger partial charge on any atom is 0.244 e. The predicted octanol–water partition coefficient (Wildman–Crippen LogP) is 3.20. The topological polar surface area (TPSA) is 37.4 Å². The lowest BCUT2D eigenvalue weighted by Crippen LogP contribution is -2.39. The molecule has 1 aromatic carbocycles. The first kappa shape index (κ1) is 15.3. The summed E-state index contributed by atoms with van der Waals surface area (Å²) in [6, 6.07) is 3.83. The number of rotatable bonds is 3. The van der Waals surface area contributed by atoms with Crippen molar-refractivity contribution in [2.45, 2.75) is 45.6 Å². The van der Waals surface area contributed by atoms with Crippen molar-refractivity contribution in [1.29, 1.82) is 0 Å². The van der Waals surface area contributed by atoms with Gasteiger partial charge >= 0.3 is 0 Å².